The number of rotatable bonds is 7. The minimum Gasteiger partial charge on any atom is -0.493 e. The lowest BCUT2D eigenvalue weighted by Gasteiger charge is -2.36. The number of guanidine groups is 1. The van der Waals surface area contributed by atoms with Crippen LogP contribution in [0, 0.1) is 13.8 Å². The zero-order chi connectivity index (χ0) is 21.5. The zero-order valence-corrected chi connectivity index (χ0v) is 18.4. The number of hydrogen-bond acceptors (Lipinski definition) is 5. The van der Waals surface area contributed by atoms with Gasteiger partial charge in [0.05, 0.1) is 20.8 Å². The average Bonchev–Trinajstić information content (AvgIpc) is 2.76. The number of nitrogens with two attached hydrogens (primary N) is 1. The molecule has 3 N–H and O–H groups in total. The Morgan fingerprint density at radius 3 is 2.47 bits per heavy atom. The molecule has 0 unspecified atom stereocenters. The number of hydrogen-bond donors (Lipinski definition) is 2. The van der Waals surface area contributed by atoms with Crippen molar-refractivity contribution in [2.45, 2.75) is 13.8 Å². The van der Waals surface area contributed by atoms with Crippen molar-refractivity contribution in [2.24, 2.45) is 10.7 Å². The fourth-order valence-corrected chi connectivity index (χ4v) is 3.70. The van der Waals surface area contributed by atoms with Crippen LogP contribution in [0.2, 0.25) is 0 Å². The van der Waals surface area contributed by atoms with Crippen molar-refractivity contribution in [1.29, 1.82) is 0 Å². The number of piperazine rings is 1. The molecule has 7 nitrogen and oxygen atoms in total. The monoisotopic (exact) mass is 411 g/mol. The SMILES string of the molecule is COc1ccc(NC(N)=NCCN2CCN(c3cccc(C)c3C)CC2)cc1OC. The van der Waals surface area contributed by atoms with E-state index >= 15 is 0 Å². The normalized spacial score (nSPS) is 15.2. The van der Waals surface area contributed by atoms with E-state index in [1.54, 1.807) is 14.2 Å². The molecule has 1 aliphatic heterocycles. The van der Waals surface area contributed by atoms with E-state index in [-0.39, 0.29) is 0 Å². The van der Waals surface area contributed by atoms with Gasteiger partial charge in [-0.05, 0) is 43.2 Å². The van der Waals surface area contributed by atoms with Crippen molar-refractivity contribution >= 4 is 17.3 Å². The molecule has 2 aromatic rings. The number of aliphatic imine (C=N–C) groups is 1. The molecular weight excluding hydrogens is 378 g/mol. The minimum atomic E-state index is 0.399. The molecule has 0 aliphatic carbocycles. The summed E-state index contributed by atoms with van der Waals surface area (Å²) < 4.78 is 10.6. The zero-order valence-electron chi connectivity index (χ0n) is 18.4. The summed E-state index contributed by atoms with van der Waals surface area (Å²) in [5, 5.41) is 3.11. The summed E-state index contributed by atoms with van der Waals surface area (Å²) in [6.45, 7) is 10.1. The lowest BCUT2D eigenvalue weighted by atomic mass is 10.1. The first-order valence-corrected chi connectivity index (χ1v) is 10.3. The smallest absolute Gasteiger partial charge is 0.193 e. The van der Waals surface area contributed by atoms with Crippen LogP contribution in [0.25, 0.3) is 0 Å². The lowest BCUT2D eigenvalue weighted by Crippen LogP contribution is -2.47. The number of aryl methyl sites for hydroxylation is 1. The highest BCUT2D eigenvalue weighted by atomic mass is 16.5. The highest BCUT2D eigenvalue weighted by molar-refractivity contribution is 5.92. The van der Waals surface area contributed by atoms with Crippen LogP contribution in [0.5, 0.6) is 11.5 Å². The van der Waals surface area contributed by atoms with E-state index in [9.17, 15) is 0 Å². The van der Waals surface area contributed by atoms with Crippen LogP contribution in [0.1, 0.15) is 11.1 Å². The number of benzene rings is 2. The van der Waals surface area contributed by atoms with Gasteiger partial charge in [0.2, 0.25) is 0 Å². The molecule has 3 rings (SSSR count). The van der Waals surface area contributed by atoms with E-state index in [0.717, 1.165) is 38.4 Å². The number of ether oxygens (including phenoxy) is 2. The Hall–Kier alpha value is -2.93. The molecule has 0 atom stereocenters. The van der Waals surface area contributed by atoms with Crippen molar-refractivity contribution in [1.82, 2.24) is 4.90 Å². The van der Waals surface area contributed by atoms with Gasteiger partial charge in [-0.3, -0.25) is 9.89 Å². The van der Waals surface area contributed by atoms with Gasteiger partial charge < -0.3 is 25.4 Å². The fraction of sp³-hybridized carbons (Fsp3) is 0.435. The molecular formula is C23H33N5O2. The Morgan fingerprint density at radius 1 is 1.03 bits per heavy atom. The molecule has 0 amide bonds. The Labute approximate surface area is 179 Å². The number of methoxy groups -OCH3 is 2. The van der Waals surface area contributed by atoms with Gasteiger partial charge in [-0.15, -0.1) is 0 Å². The Kier molecular flexibility index (Phi) is 7.41. The van der Waals surface area contributed by atoms with Crippen LogP contribution in [0.15, 0.2) is 41.4 Å². The second-order valence-electron chi connectivity index (χ2n) is 7.51. The molecule has 0 radical (unpaired) electrons. The third-order valence-corrected chi connectivity index (χ3v) is 5.64. The molecule has 7 heteroatoms. The van der Waals surface area contributed by atoms with Crippen LogP contribution < -0.4 is 25.4 Å². The first-order chi connectivity index (χ1) is 14.5. The second-order valence-corrected chi connectivity index (χ2v) is 7.51. The van der Waals surface area contributed by atoms with Crippen LogP contribution in [0.3, 0.4) is 0 Å². The maximum absolute atomic E-state index is 6.05. The van der Waals surface area contributed by atoms with Crippen molar-refractivity contribution in [2.75, 3.05) is 63.7 Å². The first kappa shape index (κ1) is 21.8. The van der Waals surface area contributed by atoms with E-state index in [0.29, 0.717) is 24.0 Å². The maximum Gasteiger partial charge on any atom is 0.193 e. The topological polar surface area (TPSA) is 75.4 Å². The molecule has 0 aromatic heterocycles. The lowest BCUT2D eigenvalue weighted by molar-refractivity contribution is 0.265. The van der Waals surface area contributed by atoms with Gasteiger partial charge in [-0.2, -0.15) is 0 Å². The largest absolute Gasteiger partial charge is 0.493 e. The summed E-state index contributed by atoms with van der Waals surface area (Å²) in [5.74, 6) is 1.73. The van der Waals surface area contributed by atoms with E-state index in [4.69, 9.17) is 15.2 Å². The van der Waals surface area contributed by atoms with Crippen LogP contribution >= 0.6 is 0 Å². The van der Waals surface area contributed by atoms with Crippen LogP contribution in [0.4, 0.5) is 11.4 Å². The predicted molar refractivity (Wildman–Crippen MR) is 124 cm³/mol. The van der Waals surface area contributed by atoms with E-state index in [1.807, 2.05) is 18.2 Å². The molecule has 162 valence electrons. The second kappa shape index (κ2) is 10.2. The van der Waals surface area contributed by atoms with Crippen molar-refractivity contribution in [3.63, 3.8) is 0 Å². The highest BCUT2D eigenvalue weighted by Crippen LogP contribution is 2.29. The summed E-state index contributed by atoms with van der Waals surface area (Å²) in [5.41, 5.74) is 11.0. The molecule has 0 saturated carbocycles. The summed E-state index contributed by atoms with van der Waals surface area (Å²) >= 11 is 0. The van der Waals surface area contributed by atoms with Crippen LogP contribution in [-0.4, -0.2) is 64.3 Å². The van der Waals surface area contributed by atoms with Gasteiger partial charge in [0.15, 0.2) is 17.5 Å². The Bertz CT molecular complexity index is 876. The van der Waals surface area contributed by atoms with Crippen molar-refractivity contribution < 1.29 is 9.47 Å². The molecule has 1 fully saturated rings. The molecule has 1 heterocycles. The molecule has 30 heavy (non-hydrogen) atoms. The fourth-order valence-electron chi connectivity index (χ4n) is 3.70. The Morgan fingerprint density at radius 2 is 1.77 bits per heavy atom. The maximum atomic E-state index is 6.05. The first-order valence-electron chi connectivity index (χ1n) is 10.3. The molecule has 1 saturated heterocycles. The molecule has 2 aromatic carbocycles. The summed E-state index contributed by atoms with van der Waals surface area (Å²) in [6, 6.07) is 12.1. The standard InChI is InChI=1S/C23H33N5O2/c1-17-6-5-7-20(18(17)2)28-14-12-27(13-15-28)11-10-25-23(24)26-19-8-9-21(29-3)22(16-19)30-4/h5-9,16H,10-15H2,1-4H3,(H3,24,25,26). The van der Waals surface area contributed by atoms with E-state index in [2.05, 4.69) is 52.2 Å². The number of anilines is 2. The highest BCUT2D eigenvalue weighted by Gasteiger charge is 2.18. The van der Waals surface area contributed by atoms with Gasteiger partial charge in [-0.1, -0.05) is 12.1 Å². The molecule has 1 aliphatic rings. The summed E-state index contributed by atoms with van der Waals surface area (Å²) in [7, 11) is 3.22. The quantitative estimate of drug-likeness (QED) is 0.539. The average molecular weight is 412 g/mol. The van der Waals surface area contributed by atoms with Gasteiger partial charge >= 0.3 is 0 Å². The summed E-state index contributed by atoms with van der Waals surface area (Å²) in [6.07, 6.45) is 0. The van der Waals surface area contributed by atoms with Gasteiger partial charge in [0, 0.05) is 50.2 Å². The Balaban J connectivity index is 1.46. The number of nitrogens with one attached hydrogen (secondary N) is 1. The van der Waals surface area contributed by atoms with Gasteiger partial charge in [0.25, 0.3) is 0 Å². The third kappa shape index (κ3) is 5.36. The van der Waals surface area contributed by atoms with Crippen molar-refractivity contribution in [3.8, 4) is 11.5 Å². The van der Waals surface area contributed by atoms with Crippen molar-refractivity contribution in [3.05, 3.63) is 47.5 Å². The van der Waals surface area contributed by atoms with E-state index in [1.165, 1.54) is 16.8 Å². The minimum absolute atomic E-state index is 0.399. The number of nitrogens with zero attached hydrogens (tertiary/aromatic N) is 3. The predicted octanol–water partition coefficient (Wildman–Crippen LogP) is 2.87. The summed E-state index contributed by atoms with van der Waals surface area (Å²) in [4.78, 5) is 9.39. The molecule has 0 bridgehead atoms. The van der Waals surface area contributed by atoms with Gasteiger partial charge in [-0.25, -0.2) is 0 Å². The molecule has 0 spiro atoms. The third-order valence-electron chi connectivity index (χ3n) is 5.64. The van der Waals surface area contributed by atoms with Crippen LogP contribution in [-0.2, 0) is 0 Å². The van der Waals surface area contributed by atoms with E-state index < -0.39 is 0 Å². The van der Waals surface area contributed by atoms with Gasteiger partial charge in [0.1, 0.15) is 0 Å².